The van der Waals surface area contributed by atoms with Gasteiger partial charge in [-0.15, -0.1) is 5.10 Å². The molecule has 0 saturated heterocycles. The maximum atomic E-state index is 5.21. The van der Waals surface area contributed by atoms with Crippen molar-refractivity contribution in [2.75, 3.05) is 0 Å². The van der Waals surface area contributed by atoms with Crippen LogP contribution in [0.3, 0.4) is 0 Å². The standard InChI is InChI=1S/C20H14N2O/c1-2-6-15(7-3-1)16-10-12-17(13-11-16)18-8-4-5-9-19(18)20-14-21-22-23-20/h1-14H. The van der Waals surface area contributed by atoms with Gasteiger partial charge in [-0.3, -0.25) is 0 Å². The summed E-state index contributed by atoms with van der Waals surface area (Å²) < 4.78 is 5.21. The first-order valence-corrected chi connectivity index (χ1v) is 7.44. The quantitative estimate of drug-likeness (QED) is 0.530. The van der Waals surface area contributed by atoms with Crippen LogP contribution >= 0.6 is 0 Å². The summed E-state index contributed by atoms with van der Waals surface area (Å²) in [6, 6.07) is 27.0. The number of benzene rings is 3. The van der Waals surface area contributed by atoms with Crippen molar-refractivity contribution < 1.29 is 4.52 Å². The molecule has 0 amide bonds. The molecule has 23 heavy (non-hydrogen) atoms. The van der Waals surface area contributed by atoms with E-state index < -0.39 is 0 Å². The van der Waals surface area contributed by atoms with Gasteiger partial charge in [-0.25, -0.2) is 0 Å². The maximum Gasteiger partial charge on any atom is 0.187 e. The molecule has 1 aromatic heterocycles. The monoisotopic (exact) mass is 298 g/mol. The van der Waals surface area contributed by atoms with Crippen molar-refractivity contribution in [2.45, 2.75) is 0 Å². The molecule has 110 valence electrons. The largest absolute Gasteiger partial charge is 0.337 e. The van der Waals surface area contributed by atoms with Crippen molar-refractivity contribution >= 4 is 0 Å². The average Bonchev–Trinajstić information content (AvgIpc) is 3.17. The highest BCUT2D eigenvalue weighted by Gasteiger charge is 2.10. The normalized spacial score (nSPS) is 10.6. The molecule has 3 aromatic carbocycles. The molecule has 0 aliphatic carbocycles. The summed E-state index contributed by atoms with van der Waals surface area (Å²) in [4.78, 5) is 0. The second kappa shape index (κ2) is 5.89. The Hall–Kier alpha value is -3.20. The van der Waals surface area contributed by atoms with E-state index in [1.807, 2.05) is 24.3 Å². The fourth-order valence-corrected chi connectivity index (χ4v) is 2.71. The third-order valence-corrected chi connectivity index (χ3v) is 3.86. The maximum absolute atomic E-state index is 5.21. The Morgan fingerprint density at radius 3 is 1.87 bits per heavy atom. The lowest BCUT2D eigenvalue weighted by Crippen LogP contribution is -1.84. The van der Waals surface area contributed by atoms with E-state index in [2.05, 4.69) is 65.0 Å². The molecule has 0 bridgehead atoms. The summed E-state index contributed by atoms with van der Waals surface area (Å²) in [5, 5.41) is 7.33. The molecule has 4 aromatic rings. The Morgan fingerprint density at radius 1 is 0.565 bits per heavy atom. The van der Waals surface area contributed by atoms with Gasteiger partial charge in [0.2, 0.25) is 0 Å². The minimum Gasteiger partial charge on any atom is -0.337 e. The second-order valence-corrected chi connectivity index (χ2v) is 5.27. The first-order valence-electron chi connectivity index (χ1n) is 7.44. The van der Waals surface area contributed by atoms with Crippen molar-refractivity contribution in [3.05, 3.63) is 85.1 Å². The fraction of sp³-hybridized carbons (Fsp3) is 0. The molecule has 1 heterocycles. The Labute approximate surface area is 134 Å². The van der Waals surface area contributed by atoms with Crippen LogP contribution in [0, 0.1) is 0 Å². The lowest BCUT2D eigenvalue weighted by Gasteiger charge is -2.08. The van der Waals surface area contributed by atoms with E-state index in [9.17, 15) is 0 Å². The van der Waals surface area contributed by atoms with Gasteiger partial charge >= 0.3 is 0 Å². The Morgan fingerprint density at radius 2 is 1.17 bits per heavy atom. The molecule has 0 aliphatic rings. The van der Waals surface area contributed by atoms with E-state index in [4.69, 9.17) is 4.52 Å². The zero-order valence-electron chi connectivity index (χ0n) is 12.4. The molecule has 0 radical (unpaired) electrons. The topological polar surface area (TPSA) is 38.9 Å². The van der Waals surface area contributed by atoms with Crippen molar-refractivity contribution in [3.63, 3.8) is 0 Å². The van der Waals surface area contributed by atoms with E-state index in [1.54, 1.807) is 6.20 Å². The predicted octanol–water partition coefficient (Wildman–Crippen LogP) is 5.07. The number of nitrogens with zero attached hydrogens (tertiary/aromatic N) is 2. The summed E-state index contributed by atoms with van der Waals surface area (Å²) in [5.41, 5.74) is 5.65. The van der Waals surface area contributed by atoms with Crippen LogP contribution in [0.25, 0.3) is 33.6 Å². The van der Waals surface area contributed by atoms with E-state index >= 15 is 0 Å². The fourth-order valence-electron chi connectivity index (χ4n) is 2.71. The van der Waals surface area contributed by atoms with Gasteiger partial charge in [0, 0.05) is 10.8 Å². The van der Waals surface area contributed by atoms with Crippen molar-refractivity contribution in [2.24, 2.45) is 0 Å². The third kappa shape index (κ3) is 2.64. The summed E-state index contributed by atoms with van der Waals surface area (Å²) in [5.74, 6) is 0.674. The second-order valence-electron chi connectivity index (χ2n) is 5.27. The van der Waals surface area contributed by atoms with E-state index in [0.29, 0.717) is 5.76 Å². The zero-order chi connectivity index (χ0) is 15.5. The van der Waals surface area contributed by atoms with Crippen molar-refractivity contribution in [1.29, 1.82) is 0 Å². The molecule has 0 saturated carbocycles. The molecule has 0 fully saturated rings. The van der Waals surface area contributed by atoms with Gasteiger partial charge in [-0.05, 0) is 22.3 Å². The molecule has 3 nitrogen and oxygen atoms in total. The lowest BCUT2D eigenvalue weighted by molar-refractivity contribution is 0.404. The predicted molar refractivity (Wildman–Crippen MR) is 90.6 cm³/mol. The molecular weight excluding hydrogens is 284 g/mol. The molecule has 3 heteroatoms. The van der Waals surface area contributed by atoms with Crippen LogP contribution in [0.15, 0.2) is 89.6 Å². The first-order chi connectivity index (χ1) is 11.4. The van der Waals surface area contributed by atoms with Gasteiger partial charge < -0.3 is 4.52 Å². The molecule has 0 N–H and O–H groups in total. The molecule has 0 atom stereocenters. The van der Waals surface area contributed by atoms with Crippen molar-refractivity contribution in [3.8, 4) is 33.6 Å². The van der Waals surface area contributed by atoms with E-state index in [1.165, 1.54) is 11.1 Å². The summed E-state index contributed by atoms with van der Waals surface area (Å²) in [7, 11) is 0. The van der Waals surface area contributed by atoms with Crippen molar-refractivity contribution in [1.82, 2.24) is 10.4 Å². The zero-order valence-corrected chi connectivity index (χ0v) is 12.4. The SMILES string of the molecule is c1ccc(-c2ccc(-c3ccccc3-c3cnno3)cc2)cc1. The van der Waals surface area contributed by atoms with Gasteiger partial charge in [0.1, 0.15) is 0 Å². The van der Waals surface area contributed by atoms with E-state index in [0.717, 1.165) is 16.7 Å². The molecule has 4 rings (SSSR count). The minimum absolute atomic E-state index is 0.674. The van der Waals surface area contributed by atoms with Crippen LogP contribution in [0.5, 0.6) is 0 Å². The Balaban J connectivity index is 1.75. The smallest absolute Gasteiger partial charge is 0.187 e. The number of hydrogen-bond acceptors (Lipinski definition) is 3. The van der Waals surface area contributed by atoms with Gasteiger partial charge in [-0.1, -0.05) is 78.9 Å². The van der Waals surface area contributed by atoms with Crippen LogP contribution in [-0.4, -0.2) is 10.4 Å². The van der Waals surface area contributed by atoms with Gasteiger partial charge in [0.05, 0.1) is 6.20 Å². The Bertz CT molecular complexity index is 898. The van der Waals surface area contributed by atoms with Crippen LogP contribution in [0.2, 0.25) is 0 Å². The van der Waals surface area contributed by atoms with Gasteiger partial charge in [-0.2, -0.15) is 0 Å². The first kappa shape index (κ1) is 13.5. The van der Waals surface area contributed by atoms with Crippen LogP contribution in [0.1, 0.15) is 0 Å². The highest BCUT2D eigenvalue weighted by atomic mass is 16.5. The third-order valence-electron chi connectivity index (χ3n) is 3.86. The average molecular weight is 298 g/mol. The minimum atomic E-state index is 0.674. The summed E-state index contributed by atoms with van der Waals surface area (Å²) in [6.07, 6.45) is 1.64. The highest BCUT2D eigenvalue weighted by Crippen LogP contribution is 2.32. The van der Waals surface area contributed by atoms with Gasteiger partial charge in [0.25, 0.3) is 0 Å². The highest BCUT2D eigenvalue weighted by molar-refractivity contribution is 5.82. The lowest BCUT2D eigenvalue weighted by atomic mass is 9.96. The molecule has 0 spiro atoms. The molecular formula is C20H14N2O. The van der Waals surface area contributed by atoms with Crippen LogP contribution in [-0.2, 0) is 0 Å². The Kier molecular flexibility index (Phi) is 3.45. The number of hydrogen-bond donors (Lipinski definition) is 0. The summed E-state index contributed by atoms with van der Waals surface area (Å²) in [6.45, 7) is 0. The molecule has 0 unspecified atom stereocenters. The number of aromatic nitrogens is 2. The van der Waals surface area contributed by atoms with Gasteiger partial charge in [0.15, 0.2) is 5.76 Å². The van der Waals surface area contributed by atoms with Crippen LogP contribution < -0.4 is 0 Å². The van der Waals surface area contributed by atoms with E-state index in [-0.39, 0.29) is 0 Å². The summed E-state index contributed by atoms with van der Waals surface area (Å²) >= 11 is 0. The number of rotatable bonds is 3. The molecule has 0 aliphatic heterocycles. The van der Waals surface area contributed by atoms with Crippen LogP contribution in [0.4, 0.5) is 0 Å².